The molecule has 0 saturated carbocycles. The van der Waals surface area contributed by atoms with Crippen LogP contribution in [-0.2, 0) is 4.79 Å². The molecule has 1 unspecified atom stereocenters. The van der Waals surface area contributed by atoms with Crippen molar-refractivity contribution < 1.29 is 24.2 Å². The Hall–Kier alpha value is -2.24. The molecule has 1 fully saturated rings. The van der Waals surface area contributed by atoms with Gasteiger partial charge in [-0.1, -0.05) is 0 Å². The normalized spacial score (nSPS) is 18.0. The van der Waals surface area contributed by atoms with E-state index in [0.29, 0.717) is 36.4 Å². The molecule has 6 nitrogen and oxygen atoms in total. The van der Waals surface area contributed by atoms with Crippen LogP contribution in [-0.4, -0.2) is 49.2 Å². The number of amides is 1. The van der Waals surface area contributed by atoms with E-state index >= 15 is 0 Å². The molecule has 1 aromatic rings. The number of benzene rings is 1. The van der Waals surface area contributed by atoms with Gasteiger partial charge in [0.15, 0.2) is 0 Å². The first-order valence-corrected chi connectivity index (χ1v) is 7.22. The average molecular weight is 307 g/mol. The molecule has 0 spiro atoms. The molecule has 22 heavy (non-hydrogen) atoms. The third-order valence-corrected chi connectivity index (χ3v) is 4.06. The van der Waals surface area contributed by atoms with Gasteiger partial charge in [-0.3, -0.25) is 9.59 Å². The molecule has 0 bridgehead atoms. The molecule has 1 aromatic carbocycles. The van der Waals surface area contributed by atoms with Crippen molar-refractivity contribution in [2.24, 2.45) is 5.92 Å². The summed E-state index contributed by atoms with van der Waals surface area (Å²) < 4.78 is 10.6. The second kappa shape index (κ2) is 6.68. The van der Waals surface area contributed by atoms with Crippen molar-refractivity contribution in [2.45, 2.75) is 19.8 Å². The highest BCUT2D eigenvalue weighted by atomic mass is 16.5. The summed E-state index contributed by atoms with van der Waals surface area (Å²) in [5, 5.41) is 9.13. The van der Waals surface area contributed by atoms with E-state index < -0.39 is 11.9 Å². The van der Waals surface area contributed by atoms with Crippen LogP contribution in [0.3, 0.4) is 0 Å². The first kappa shape index (κ1) is 16.1. The van der Waals surface area contributed by atoms with Gasteiger partial charge in [0.05, 0.1) is 20.1 Å². The fourth-order valence-corrected chi connectivity index (χ4v) is 2.76. The average Bonchev–Trinajstić information content (AvgIpc) is 2.54. The van der Waals surface area contributed by atoms with Gasteiger partial charge in [-0.15, -0.1) is 0 Å². The number of nitrogens with zero attached hydrogens (tertiary/aromatic N) is 1. The van der Waals surface area contributed by atoms with Crippen LogP contribution in [0.1, 0.15) is 28.8 Å². The summed E-state index contributed by atoms with van der Waals surface area (Å²) in [7, 11) is 3.08. The van der Waals surface area contributed by atoms with E-state index in [4.69, 9.17) is 14.6 Å². The Bertz CT molecular complexity index is 559. The van der Waals surface area contributed by atoms with Crippen LogP contribution < -0.4 is 9.47 Å². The maximum atomic E-state index is 12.6. The largest absolute Gasteiger partial charge is 0.496 e. The van der Waals surface area contributed by atoms with Crippen molar-refractivity contribution in [3.63, 3.8) is 0 Å². The molecule has 1 heterocycles. The highest BCUT2D eigenvalue weighted by Crippen LogP contribution is 2.30. The zero-order valence-corrected chi connectivity index (χ0v) is 13.1. The predicted molar refractivity (Wildman–Crippen MR) is 80.5 cm³/mol. The van der Waals surface area contributed by atoms with Gasteiger partial charge in [0, 0.05) is 24.2 Å². The van der Waals surface area contributed by atoms with E-state index in [1.807, 2.05) is 6.92 Å². The van der Waals surface area contributed by atoms with Crippen molar-refractivity contribution in [3.8, 4) is 11.5 Å². The molecule has 120 valence electrons. The van der Waals surface area contributed by atoms with Crippen molar-refractivity contribution >= 4 is 11.9 Å². The molecular formula is C16H21NO5. The predicted octanol–water partition coefficient (Wildman–Crippen LogP) is 1.95. The smallest absolute Gasteiger partial charge is 0.308 e. The van der Waals surface area contributed by atoms with Gasteiger partial charge in [0.2, 0.25) is 0 Å². The van der Waals surface area contributed by atoms with Crippen LogP contribution in [0.15, 0.2) is 12.1 Å². The number of carbonyl (C=O) groups is 2. The zero-order chi connectivity index (χ0) is 16.3. The van der Waals surface area contributed by atoms with E-state index in [0.717, 1.165) is 5.56 Å². The Morgan fingerprint density at radius 3 is 2.32 bits per heavy atom. The summed E-state index contributed by atoms with van der Waals surface area (Å²) in [6, 6.07) is 3.34. The minimum absolute atomic E-state index is 0.192. The molecule has 1 aliphatic rings. The Morgan fingerprint density at radius 1 is 1.23 bits per heavy atom. The molecule has 1 aliphatic heterocycles. The molecule has 1 atom stereocenters. The molecule has 1 saturated heterocycles. The van der Waals surface area contributed by atoms with Gasteiger partial charge in [-0.25, -0.2) is 0 Å². The Kier molecular flexibility index (Phi) is 4.90. The van der Waals surface area contributed by atoms with Gasteiger partial charge in [-0.2, -0.15) is 0 Å². The van der Waals surface area contributed by atoms with Crippen LogP contribution in [0.2, 0.25) is 0 Å². The van der Waals surface area contributed by atoms with Crippen molar-refractivity contribution in [2.75, 3.05) is 27.3 Å². The minimum atomic E-state index is -0.850. The fourth-order valence-electron chi connectivity index (χ4n) is 2.76. The third-order valence-electron chi connectivity index (χ3n) is 4.06. The number of hydrogen-bond acceptors (Lipinski definition) is 4. The maximum Gasteiger partial charge on any atom is 0.308 e. The lowest BCUT2D eigenvalue weighted by molar-refractivity contribution is -0.143. The highest BCUT2D eigenvalue weighted by Gasteiger charge is 2.29. The number of piperidine rings is 1. The van der Waals surface area contributed by atoms with Crippen molar-refractivity contribution in [3.05, 3.63) is 23.3 Å². The first-order valence-electron chi connectivity index (χ1n) is 7.22. The number of aliphatic carboxylic acids is 1. The number of likely N-dealkylation sites (tertiary alicyclic amines) is 1. The van der Waals surface area contributed by atoms with Gasteiger partial charge in [0.1, 0.15) is 11.5 Å². The molecule has 0 aliphatic carbocycles. The molecule has 1 amide bonds. The van der Waals surface area contributed by atoms with Crippen LogP contribution in [0, 0.1) is 12.8 Å². The Labute approximate surface area is 129 Å². The van der Waals surface area contributed by atoms with Gasteiger partial charge >= 0.3 is 5.97 Å². The van der Waals surface area contributed by atoms with Gasteiger partial charge in [-0.05, 0) is 31.9 Å². The third kappa shape index (κ3) is 3.16. The summed E-state index contributed by atoms with van der Waals surface area (Å²) in [6.07, 6.45) is 1.31. The zero-order valence-electron chi connectivity index (χ0n) is 13.1. The first-order chi connectivity index (χ1) is 10.5. The standard InChI is InChI=1S/C16H21NO5/c1-10-13(21-2)7-12(8-14(10)22-3)15(18)17-6-4-5-11(9-17)16(19)20/h7-8,11H,4-6,9H2,1-3H3,(H,19,20). The summed E-state index contributed by atoms with van der Waals surface area (Å²) in [4.78, 5) is 25.4. The van der Waals surface area contributed by atoms with E-state index in [-0.39, 0.29) is 12.5 Å². The summed E-state index contributed by atoms with van der Waals surface area (Å²) >= 11 is 0. The molecule has 6 heteroatoms. The number of carboxylic acids is 1. The lowest BCUT2D eigenvalue weighted by Crippen LogP contribution is -2.42. The molecule has 0 aromatic heterocycles. The van der Waals surface area contributed by atoms with Crippen LogP contribution >= 0.6 is 0 Å². The topological polar surface area (TPSA) is 76.1 Å². The second-order valence-corrected chi connectivity index (χ2v) is 5.43. The monoisotopic (exact) mass is 307 g/mol. The van der Waals surface area contributed by atoms with Gasteiger partial charge in [0.25, 0.3) is 5.91 Å². The molecule has 2 rings (SSSR count). The van der Waals surface area contributed by atoms with Crippen LogP contribution in [0.5, 0.6) is 11.5 Å². The fraction of sp³-hybridized carbons (Fsp3) is 0.500. The second-order valence-electron chi connectivity index (χ2n) is 5.43. The number of methoxy groups -OCH3 is 2. The number of hydrogen-bond donors (Lipinski definition) is 1. The molecule has 1 N–H and O–H groups in total. The quantitative estimate of drug-likeness (QED) is 0.920. The highest BCUT2D eigenvalue weighted by molar-refractivity contribution is 5.95. The number of carboxylic acid groups (broad SMARTS) is 1. The lowest BCUT2D eigenvalue weighted by Gasteiger charge is -2.31. The van der Waals surface area contributed by atoms with Crippen molar-refractivity contribution in [1.29, 1.82) is 0 Å². The van der Waals surface area contributed by atoms with Crippen LogP contribution in [0.4, 0.5) is 0 Å². The molecular weight excluding hydrogens is 286 g/mol. The van der Waals surface area contributed by atoms with E-state index in [1.165, 1.54) is 14.2 Å². The number of ether oxygens (including phenoxy) is 2. The lowest BCUT2D eigenvalue weighted by atomic mass is 9.97. The van der Waals surface area contributed by atoms with E-state index in [9.17, 15) is 9.59 Å². The maximum absolute atomic E-state index is 12.6. The van der Waals surface area contributed by atoms with Crippen LogP contribution in [0.25, 0.3) is 0 Å². The Morgan fingerprint density at radius 2 is 1.82 bits per heavy atom. The number of carbonyl (C=O) groups excluding carboxylic acids is 1. The van der Waals surface area contributed by atoms with Crippen molar-refractivity contribution in [1.82, 2.24) is 4.90 Å². The SMILES string of the molecule is COc1cc(C(=O)N2CCCC(C(=O)O)C2)cc(OC)c1C. The summed E-state index contributed by atoms with van der Waals surface area (Å²) in [5.74, 6) is -0.380. The van der Waals surface area contributed by atoms with E-state index in [2.05, 4.69) is 0 Å². The molecule has 0 radical (unpaired) electrons. The van der Waals surface area contributed by atoms with Gasteiger partial charge < -0.3 is 19.5 Å². The number of rotatable bonds is 4. The Balaban J connectivity index is 2.27. The summed E-state index contributed by atoms with van der Waals surface area (Å²) in [6.45, 7) is 2.67. The minimum Gasteiger partial charge on any atom is -0.496 e. The van der Waals surface area contributed by atoms with E-state index in [1.54, 1.807) is 17.0 Å². The summed E-state index contributed by atoms with van der Waals surface area (Å²) in [5.41, 5.74) is 1.27.